The van der Waals surface area contributed by atoms with Gasteiger partial charge < -0.3 is 4.90 Å². The fourth-order valence-corrected chi connectivity index (χ4v) is 2.42. The lowest BCUT2D eigenvalue weighted by molar-refractivity contribution is 0.0751. The van der Waals surface area contributed by atoms with E-state index in [1.165, 1.54) is 12.1 Å². The number of halogens is 1. The van der Waals surface area contributed by atoms with Crippen molar-refractivity contribution in [1.29, 1.82) is 0 Å². The summed E-state index contributed by atoms with van der Waals surface area (Å²) in [5, 5.41) is 4.28. The summed E-state index contributed by atoms with van der Waals surface area (Å²) in [6.45, 7) is 6.57. The third kappa shape index (κ3) is 3.12. The van der Waals surface area contributed by atoms with Crippen LogP contribution in [0, 0.1) is 19.7 Å². The number of carbonyl (C=O) groups is 1. The molecule has 5 heteroatoms. The van der Waals surface area contributed by atoms with Crippen molar-refractivity contribution < 1.29 is 9.18 Å². The van der Waals surface area contributed by atoms with Gasteiger partial charge in [0.1, 0.15) is 5.82 Å². The molecule has 0 unspecified atom stereocenters. The molecule has 1 heterocycles. The number of nitrogens with zero attached hydrogens (tertiary/aromatic N) is 3. The fraction of sp³-hybridized carbons (Fsp3) is 0.375. The first kappa shape index (κ1) is 15.2. The van der Waals surface area contributed by atoms with Crippen molar-refractivity contribution in [3.05, 3.63) is 52.6 Å². The van der Waals surface area contributed by atoms with Crippen LogP contribution in [0.25, 0.3) is 0 Å². The van der Waals surface area contributed by atoms with Crippen LogP contribution in [0.3, 0.4) is 0 Å². The van der Waals surface area contributed by atoms with E-state index >= 15 is 0 Å². The van der Waals surface area contributed by atoms with Crippen molar-refractivity contribution in [2.75, 3.05) is 6.54 Å². The highest BCUT2D eigenvalue weighted by atomic mass is 19.1. The minimum Gasteiger partial charge on any atom is -0.334 e. The highest BCUT2D eigenvalue weighted by Crippen LogP contribution is 2.17. The SMILES string of the molecule is CCN(Cc1cccc(F)c1)C(=O)c1c(C)nn(C)c1C. The topological polar surface area (TPSA) is 38.1 Å². The molecule has 0 N–H and O–H groups in total. The lowest BCUT2D eigenvalue weighted by Crippen LogP contribution is -2.31. The normalized spacial score (nSPS) is 10.7. The Balaban J connectivity index is 2.27. The standard InChI is InChI=1S/C16H20FN3O/c1-5-20(10-13-7-6-8-14(17)9-13)16(21)15-11(2)18-19(4)12(15)3/h6-9H,5,10H2,1-4H3. The molecule has 1 aromatic heterocycles. The van der Waals surface area contributed by atoms with Gasteiger partial charge in [0.05, 0.1) is 11.3 Å². The number of amides is 1. The second-order valence-corrected chi connectivity index (χ2v) is 5.12. The van der Waals surface area contributed by atoms with Crippen LogP contribution in [0.4, 0.5) is 4.39 Å². The summed E-state index contributed by atoms with van der Waals surface area (Å²) in [6.07, 6.45) is 0. The van der Waals surface area contributed by atoms with Crippen molar-refractivity contribution in [3.63, 3.8) is 0 Å². The Hall–Kier alpha value is -2.17. The molecule has 0 atom stereocenters. The van der Waals surface area contributed by atoms with Crippen molar-refractivity contribution >= 4 is 5.91 Å². The largest absolute Gasteiger partial charge is 0.334 e. The molecule has 0 aliphatic rings. The van der Waals surface area contributed by atoms with Crippen molar-refractivity contribution in [2.24, 2.45) is 7.05 Å². The third-order valence-electron chi connectivity index (χ3n) is 3.65. The molecule has 112 valence electrons. The van der Waals surface area contributed by atoms with Gasteiger partial charge in [0, 0.05) is 25.8 Å². The Morgan fingerprint density at radius 2 is 2.10 bits per heavy atom. The van der Waals surface area contributed by atoms with Gasteiger partial charge in [-0.1, -0.05) is 12.1 Å². The van der Waals surface area contributed by atoms with Gasteiger partial charge in [-0.2, -0.15) is 5.10 Å². The molecule has 0 aliphatic carbocycles. The Bertz CT molecular complexity index is 664. The van der Waals surface area contributed by atoms with E-state index in [-0.39, 0.29) is 11.7 Å². The van der Waals surface area contributed by atoms with Gasteiger partial charge in [-0.05, 0) is 38.5 Å². The molecule has 0 radical (unpaired) electrons. The first-order chi connectivity index (χ1) is 9.93. The van der Waals surface area contributed by atoms with Crippen molar-refractivity contribution in [1.82, 2.24) is 14.7 Å². The van der Waals surface area contributed by atoms with Crippen LogP contribution in [0.1, 0.15) is 34.2 Å². The zero-order chi connectivity index (χ0) is 15.6. The summed E-state index contributed by atoms with van der Waals surface area (Å²) in [6, 6.07) is 6.33. The van der Waals surface area contributed by atoms with Gasteiger partial charge in [-0.25, -0.2) is 4.39 Å². The van der Waals surface area contributed by atoms with E-state index in [1.807, 2.05) is 33.9 Å². The first-order valence-electron chi connectivity index (χ1n) is 6.98. The highest BCUT2D eigenvalue weighted by Gasteiger charge is 2.22. The number of aryl methyl sites for hydroxylation is 2. The summed E-state index contributed by atoms with van der Waals surface area (Å²) in [5.74, 6) is -0.352. The Labute approximate surface area is 124 Å². The molecule has 4 nitrogen and oxygen atoms in total. The predicted molar refractivity (Wildman–Crippen MR) is 79.5 cm³/mol. The number of hydrogen-bond donors (Lipinski definition) is 0. The minimum atomic E-state index is -0.287. The summed E-state index contributed by atoms with van der Waals surface area (Å²) in [5.41, 5.74) is 2.98. The van der Waals surface area contributed by atoms with Crippen molar-refractivity contribution in [3.8, 4) is 0 Å². The molecule has 0 aliphatic heterocycles. The first-order valence-corrected chi connectivity index (χ1v) is 6.98. The summed E-state index contributed by atoms with van der Waals surface area (Å²) >= 11 is 0. The van der Waals surface area contributed by atoms with E-state index in [4.69, 9.17) is 0 Å². The molecular formula is C16H20FN3O. The number of rotatable bonds is 4. The molecule has 0 bridgehead atoms. The molecule has 0 spiro atoms. The van der Waals surface area contributed by atoms with Gasteiger partial charge in [0.2, 0.25) is 0 Å². The lowest BCUT2D eigenvalue weighted by Gasteiger charge is -2.21. The zero-order valence-electron chi connectivity index (χ0n) is 12.9. The van der Waals surface area contributed by atoms with Gasteiger partial charge in [0.25, 0.3) is 5.91 Å². The van der Waals surface area contributed by atoms with Crippen LogP contribution in [0.15, 0.2) is 24.3 Å². The summed E-state index contributed by atoms with van der Waals surface area (Å²) in [7, 11) is 1.82. The second kappa shape index (κ2) is 6.08. The average Bonchev–Trinajstić information content (AvgIpc) is 2.69. The Morgan fingerprint density at radius 3 is 2.62 bits per heavy atom. The van der Waals surface area contributed by atoms with Crippen LogP contribution >= 0.6 is 0 Å². The maximum atomic E-state index is 13.3. The number of benzene rings is 1. The maximum absolute atomic E-state index is 13.3. The van der Waals surface area contributed by atoms with Crippen LogP contribution in [-0.2, 0) is 13.6 Å². The Morgan fingerprint density at radius 1 is 1.38 bits per heavy atom. The van der Waals surface area contributed by atoms with E-state index in [2.05, 4.69) is 5.10 Å². The van der Waals surface area contributed by atoms with Crippen LogP contribution in [-0.4, -0.2) is 27.1 Å². The summed E-state index contributed by atoms with van der Waals surface area (Å²) < 4.78 is 15.0. The molecule has 0 saturated carbocycles. The number of hydrogen-bond acceptors (Lipinski definition) is 2. The van der Waals surface area contributed by atoms with E-state index in [1.54, 1.807) is 15.6 Å². The molecule has 1 aromatic carbocycles. The fourth-order valence-electron chi connectivity index (χ4n) is 2.42. The quantitative estimate of drug-likeness (QED) is 0.868. The molecular weight excluding hydrogens is 269 g/mol. The van der Waals surface area contributed by atoms with E-state index in [0.717, 1.165) is 17.0 Å². The molecule has 2 rings (SSSR count). The predicted octanol–water partition coefficient (Wildman–Crippen LogP) is 2.84. The second-order valence-electron chi connectivity index (χ2n) is 5.12. The summed E-state index contributed by atoms with van der Waals surface area (Å²) in [4.78, 5) is 14.4. The van der Waals surface area contributed by atoms with Gasteiger partial charge in [-0.15, -0.1) is 0 Å². The van der Waals surface area contributed by atoms with E-state index < -0.39 is 0 Å². The number of aromatic nitrogens is 2. The van der Waals surface area contributed by atoms with Crippen LogP contribution in [0.5, 0.6) is 0 Å². The zero-order valence-corrected chi connectivity index (χ0v) is 12.9. The van der Waals surface area contributed by atoms with E-state index in [0.29, 0.717) is 18.7 Å². The van der Waals surface area contributed by atoms with E-state index in [9.17, 15) is 9.18 Å². The molecule has 0 fully saturated rings. The smallest absolute Gasteiger partial charge is 0.257 e. The van der Waals surface area contributed by atoms with Gasteiger partial charge in [0.15, 0.2) is 0 Å². The lowest BCUT2D eigenvalue weighted by atomic mass is 10.1. The Kier molecular flexibility index (Phi) is 4.40. The maximum Gasteiger partial charge on any atom is 0.257 e. The number of carbonyl (C=O) groups excluding carboxylic acids is 1. The average molecular weight is 289 g/mol. The van der Waals surface area contributed by atoms with Crippen LogP contribution < -0.4 is 0 Å². The van der Waals surface area contributed by atoms with Crippen molar-refractivity contribution in [2.45, 2.75) is 27.3 Å². The molecule has 1 amide bonds. The van der Waals surface area contributed by atoms with Gasteiger partial charge >= 0.3 is 0 Å². The third-order valence-corrected chi connectivity index (χ3v) is 3.65. The highest BCUT2D eigenvalue weighted by molar-refractivity contribution is 5.96. The minimum absolute atomic E-state index is 0.0649. The van der Waals surface area contributed by atoms with Crippen LogP contribution in [0.2, 0.25) is 0 Å². The monoisotopic (exact) mass is 289 g/mol. The molecule has 21 heavy (non-hydrogen) atoms. The molecule has 2 aromatic rings. The van der Waals surface area contributed by atoms with Gasteiger partial charge in [-0.3, -0.25) is 9.48 Å². The molecule has 0 saturated heterocycles.